The predicted octanol–water partition coefficient (Wildman–Crippen LogP) is 5.30. The molecule has 0 radical (unpaired) electrons. The third-order valence-electron chi connectivity index (χ3n) is 4.51. The van der Waals surface area contributed by atoms with Gasteiger partial charge in [-0.2, -0.15) is 0 Å². The van der Waals surface area contributed by atoms with Crippen molar-refractivity contribution in [1.29, 1.82) is 0 Å². The van der Waals surface area contributed by atoms with Crippen LogP contribution in [0.15, 0.2) is 66.7 Å². The second kappa shape index (κ2) is 6.85. The zero-order valence-corrected chi connectivity index (χ0v) is 15.7. The van der Waals surface area contributed by atoms with Gasteiger partial charge in [-0.1, -0.05) is 18.2 Å². The highest BCUT2D eigenvalue weighted by atomic mass is 32.2. The van der Waals surface area contributed by atoms with Crippen LogP contribution >= 0.6 is 10.5 Å². The Kier molecular flexibility index (Phi) is 4.38. The summed E-state index contributed by atoms with van der Waals surface area (Å²) in [5, 5.41) is 1.90. The van der Waals surface area contributed by atoms with E-state index in [0.717, 1.165) is 20.2 Å². The first-order valence-electron chi connectivity index (χ1n) is 8.38. The van der Waals surface area contributed by atoms with Crippen molar-refractivity contribution < 1.29 is 19.1 Å². The molecule has 1 heterocycles. The van der Waals surface area contributed by atoms with Crippen LogP contribution in [0.2, 0.25) is 0 Å². The lowest BCUT2D eigenvalue weighted by Gasteiger charge is -1.99. The summed E-state index contributed by atoms with van der Waals surface area (Å²) in [4.78, 5) is 25.2. The van der Waals surface area contributed by atoms with Crippen molar-refractivity contribution >= 4 is 42.6 Å². The van der Waals surface area contributed by atoms with E-state index < -0.39 is 0 Å². The Morgan fingerprint density at radius 1 is 0.704 bits per heavy atom. The van der Waals surface area contributed by atoms with Gasteiger partial charge in [0, 0.05) is 21.2 Å². The third-order valence-corrected chi connectivity index (χ3v) is 6.85. The maximum absolute atomic E-state index is 12.0. The van der Waals surface area contributed by atoms with E-state index in [-0.39, 0.29) is 22.4 Å². The minimum Gasteiger partial charge on any atom is -0.465 e. The van der Waals surface area contributed by atoms with Crippen molar-refractivity contribution in [2.45, 2.75) is 0 Å². The van der Waals surface area contributed by atoms with E-state index in [4.69, 9.17) is 9.47 Å². The van der Waals surface area contributed by atoms with Gasteiger partial charge in [-0.25, -0.2) is 9.59 Å². The maximum atomic E-state index is 12.0. The summed E-state index contributed by atoms with van der Waals surface area (Å²) in [5.74, 6) is -0.759. The number of methoxy groups -OCH3 is 2. The highest BCUT2D eigenvalue weighted by Crippen LogP contribution is 2.48. The number of fused-ring (bicyclic) bond motifs is 3. The highest BCUT2D eigenvalue weighted by molar-refractivity contribution is 7.50. The second-order valence-corrected chi connectivity index (χ2v) is 7.99. The van der Waals surface area contributed by atoms with Gasteiger partial charge >= 0.3 is 11.9 Å². The molecule has 0 bridgehead atoms. The van der Waals surface area contributed by atoms with E-state index in [0.29, 0.717) is 11.1 Å². The monoisotopic (exact) mass is 377 g/mol. The minimum atomic E-state index is -0.380. The van der Waals surface area contributed by atoms with Crippen molar-refractivity contribution in [1.82, 2.24) is 0 Å². The zero-order valence-electron chi connectivity index (χ0n) is 14.9. The van der Waals surface area contributed by atoms with Crippen LogP contribution in [0.5, 0.6) is 0 Å². The van der Waals surface area contributed by atoms with E-state index in [2.05, 4.69) is 12.1 Å². The molecule has 0 spiro atoms. The lowest BCUT2D eigenvalue weighted by atomic mass is 10.1. The van der Waals surface area contributed by atoms with Crippen molar-refractivity contribution in [2.24, 2.45) is 0 Å². The molecule has 0 aliphatic carbocycles. The summed E-state index contributed by atoms with van der Waals surface area (Å²) in [6.07, 6.45) is 0. The van der Waals surface area contributed by atoms with Crippen LogP contribution in [0.25, 0.3) is 25.1 Å². The van der Waals surface area contributed by atoms with Gasteiger partial charge in [-0.3, -0.25) is 0 Å². The summed E-state index contributed by atoms with van der Waals surface area (Å²) in [7, 11) is 2.45. The minimum absolute atomic E-state index is 0.292. The molecule has 0 amide bonds. The number of esters is 2. The number of carbonyl (C=O) groups excluding carboxylic acids is 2. The van der Waals surface area contributed by atoms with Gasteiger partial charge in [0.2, 0.25) is 0 Å². The van der Waals surface area contributed by atoms with Crippen LogP contribution in [-0.4, -0.2) is 26.2 Å². The summed E-state index contributed by atoms with van der Waals surface area (Å²) in [6, 6.07) is 21.5. The van der Waals surface area contributed by atoms with E-state index in [9.17, 15) is 9.59 Å². The average molecular weight is 377 g/mol. The SMILES string of the molecule is COC(=O)c1ccc2c(c1)c1cc(C(=O)OC)ccc1[s+]2-c1ccccc1. The number of hydrogen-bond acceptors (Lipinski definition) is 4. The first-order chi connectivity index (χ1) is 13.1. The van der Waals surface area contributed by atoms with Gasteiger partial charge in [0.1, 0.15) is 0 Å². The van der Waals surface area contributed by atoms with E-state index in [1.807, 2.05) is 42.5 Å². The van der Waals surface area contributed by atoms with E-state index in [1.165, 1.54) is 19.1 Å². The van der Waals surface area contributed by atoms with Crippen LogP contribution in [0, 0.1) is 0 Å². The lowest BCUT2D eigenvalue weighted by Crippen LogP contribution is -2.00. The third kappa shape index (κ3) is 2.86. The fraction of sp³-hybridized carbons (Fsp3) is 0.0909. The molecule has 1 aromatic heterocycles. The molecule has 3 aromatic carbocycles. The molecule has 4 rings (SSSR count). The topological polar surface area (TPSA) is 52.6 Å². The molecule has 0 fully saturated rings. The van der Waals surface area contributed by atoms with Crippen LogP contribution < -0.4 is 0 Å². The van der Waals surface area contributed by atoms with E-state index >= 15 is 0 Å². The molecule has 4 nitrogen and oxygen atoms in total. The van der Waals surface area contributed by atoms with Gasteiger partial charge < -0.3 is 9.47 Å². The number of benzene rings is 3. The van der Waals surface area contributed by atoms with Crippen molar-refractivity contribution in [3.8, 4) is 4.90 Å². The number of carbonyl (C=O) groups is 2. The molecule has 0 N–H and O–H groups in total. The van der Waals surface area contributed by atoms with Crippen molar-refractivity contribution in [2.75, 3.05) is 14.2 Å². The first kappa shape index (κ1) is 17.2. The smallest absolute Gasteiger partial charge is 0.337 e. The molecule has 0 aliphatic rings. The summed E-state index contributed by atoms with van der Waals surface area (Å²) in [6.45, 7) is 0. The van der Waals surface area contributed by atoms with Gasteiger partial charge in [0.15, 0.2) is 14.3 Å². The van der Waals surface area contributed by atoms with Gasteiger partial charge in [-0.05, 0) is 48.5 Å². The molecule has 134 valence electrons. The number of ether oxygens (including phenoxy) is 2. The molecule has 0 aliphatic heterocycles. The quantitative estimate of drug-likeness (QED) is 0.359. The Morgan fingerprint density at radius 2 is 1.19 bits per heavy atom. The predicted molar refractivity (Wildman–Crippen MR) is 108 cm³/mol. The van der Waals surface area contributed by atoms with Crippen LogP contribution in [-0.2, 0) is 9.47 Å². The van der Waals surface area contributed by atoms with Gasteiger partial charge in [-0.15, -0.1) is 0 Å². The Balaban J connectivity index is 2.09. The van der Waals surface area contributed by atoms with Gasteiger partial charge in [0.05, 0.1) is 25.3 Å². The molecular weight excluding hydrogens is 360 g/mol. The summed E-state index contributed by atoms with van der Waals surface area (Å²) in [5.41, 5.74) is 0.980. The molecular formula is C22H17O4S+. The zero-order chi connectivity index (χ0) is 19.0. The normalized spacial score (nSPS) is 10.9. The molecule has 27 heavy (non-hydrogen) atoms. The summed E-state index contributed by atoms with van der Waals surface area (Å²) >= 11 is 0. The lowest BCUT2D eigenvalue weighted by molar-refractivity contribution is 0.0592. The molecule has 0 saturated heterocycles. The van der Waals surface area contributed by atoms with Crippen molar-refractivity contribution in [3.05, 3.63) is 77.9 Å². The average Bonchev–Trinajstić information content (AvgIpc) is 3.06. The highest BCUT2D eigenvalue weighted by Gasteiger charge is 2.25. The van der Waals surface area contributed by atoms with Gasteiger partial charge in [0.25, 0.3) is 0 Å². The standard InChI is InChI=1S/C22H17O4S/c1-25-21(23)14-8-10-19-17(12-14)18-13-15(22(24)26-2)9-11-20(18)27(19)16-6-4-3-5-7-16/h3-13H,1-2H3/q+1. The van der Waals surface area contributed by atoms with Crippen LogP contribution in [0.1, 0.15) is 20.7 Å². The Morgan fingerprint density at radius 3 is 1.63 bits per heavy atom. The van der Waals surface area contributed by atoms with Crippen LogP contribution in [0.3, 0.4) is 0 Å². The maximum Gasteiger partial charge on any atom is 0.337 e. The molecule has 0 unspecified atom stereocenters. The second-order valence-electron chi connectivity index (χ2n) is 6.02. The number of rotatable bonds is 3. The fourth-order valence-corrected chi connectivity index (χ4v) is 5.62. The van der Waals surface area contributed by atoms with Crippen LogP contribution in [0.4, 0.5) is 0 Å². The Bertz CT molecular complexity index is 1100. The first-order valence-corrected chi connectivity index (χ1v) is 9.61. The number of hydrogen-bond donors (Lipinski definition) is 0. The Hall–Kier alpha value is -3.18. The molecule has 0 atom stereocenters. The fourth-order valence-electron chi connectivity index (χ4n) is 3.26. The largest absolute Gasteiger partial charge is 0.465 e. The summed E-state index contributed by atoms with van der Waals surface area (Å²) < 4.78 is 12.0. The number of thiophene rings is 1. The molecule has 5 heteroatoms. The molecule has 4 aromatic rings. The van der Waals surface area contributed by atoms with Crippen molar-refractivity contribution in [3.63, 3.8) is 0 Å². The molecule has 0 saturated carbocycles. The van der Waals surface area contributed by atoms with E-state index in [1.54, 1.807) is 12.1 Å². The Labute approximate surface area is 158 Å².